The average molecular weight is 221 g/mol. The summed E-state index contributed by atoms with van der Waals surface area (Å²) in [5.41, 5.74) is 0. The van der Waals surface area contributed by atoms with Crippen LogP contribution in [0.3, 0.4) is 0 Å². The first kappa shape index (κ1) is 11.9. The van der Waals surface area contributed by atoms with E-state index in [9.17, 15) is 0 Å². The van der Waals surface area contributed by atoms with E-state index in [0.29, 0.717) is 0 Å². The van der Waals surface area contributed by atoms with Crippen LogP contribution in [0, 0.1) is 23.2 Å². The monoisotopic (exact) mass is 221 g/mol. The van der Waals surface area contributed by atoms with Gasteiger partial charge in [0.15, 0.2) is 0 Å². The Morgan fingerprint density at radius 3 is 2.69 bits per heavy atom. The summed E-state index contributed by atoms with van der Waals surface area (Å²) in [6.07, 6.45) is 5.36. The second-order valence-electron chi connectivity index (χ2n) is 5.37. The molecule has 2 aliphatic heterocycles. The van der Waals surface area contributed by atoms with Crippen molar-refractivity contribution < 1.29 is 0 Å². The Morgan fingerprint density at radius 2 is 2.12 bits per heavy atom. The molecule has 0 radical (unpaired) electrons. The zero-order valence-corrected chi connectivity index (χ0v) is 10.3. The van der Waals surface area contributed by atoms with Gasteiger partial charge in [-0.15, -0.1) is 0 Å². The van der Waals surface area contributed by atoms with Crippen molar-refractivity contribution >= 4 is 0 Å². The molecule has 0 aromatic carbocycles. The third-order valence-electron chi connectivity index (χ3n) is 4.05. The van der Waals surface area contributed by atoms with Gasteiger partial charge >= 0.3 is 0 Å². The maximum Gasteiger partial charge on any atom is 0.0666 e. The van der Waals surface area contributed by atoms with E-state index in [-0.39, 0.29) is 5.92 Å². The lowest BCUT2D eigenvalue weighted by Gasteiger charge is -2.35. The van der Waals surface area contributed by atoms with Crippen molar-refractivity contribution in [1.82, 2.24) is 10.2 Å². The van der Waals surface area contributed by atoms with Gasteiger partial charge in [0.25, 0.3) is 0 Å². The number of likely N-dealkylation sites (tertiary alicyclic amines) is 1. The van der Waals surface area contributed by atoms with Gasteiger partial charge in [0.1, 0.15) is 0 Å². The Labute approximate surface area is 98.8 Å². The first-order chi connectivity index (χ1) is 7.79. The van der Waals surface area contributed by atoms with Crippen LogP contribution >= 0.6 is 0 Å². The predicted octanol–water partition coefficient (Wildman–Crippen LogP) is 1.61. The lowest BCUT2D eigenvalue weighted by Crippen LogP contribution is -2.42. The molecule has 2 unspecified atom stereocenters. The van der Waals surface area contributed by atoms with Gasteiger partial charge in [0.05, 0.1) is 12.0 Å². The molecule has 2 saturated heterocycles. The van der Waals surface area contributed by atoms with Gasteiger partial charge < -0.3 is 10.2 Å². The average Bonchev–Trinajstić information content (AvgIpc) is 2.83. The zero-order chi connectivity index (χ0) is 11.4. The Kier molecular flexibility index (Phi) is 4.20. The lowest BCUT2D eigenvalue weighted by atomic mass is 9.88. The molecule has 0 aromatic rings. The Hall–Kier alpha value is -0.590. The standard InChI is InChI=1S/C13H23N3/c1-11(9-14)10-16-7-4-12(5-8-16)13-3-2-6-15-13/h11-13,15H,2-8,10H2,1H3. The maximum absolute atomic E-state index is 8.80. The molecule has 16 heavy (non-hydrogen) atoms. The van der Waals surface area contributed by atoms with Crippen molar-refractivity contribution in [1.29, 1.82) is 5.26 Å². The van der Waals surface area contributed by atoms with Crippen LogP contribution in [-0.4, -0.2) is 37.1 Å². The van der Waals surface area contributed by atoms with Gasteiger partial charge in [0.2, 0.25) is 0 Å². The highest BCUT2D eigenvalue weighted by Gasteiger charge is 2.28. The molecule has 0 amide bonds. The Bertz CT molecular complexity index is 244. The van der Waals surface area contributed by atoms with E-state index in [1.54, 1.807) is 0 Å². The van der Waals surface area contributed by atoms with Gasteiger partial charge in [-0.2, -0.15) is 5.26 Å². The van der Waals surface area contributed by atoms with Gasteiger partial charge in [-0.1, -0.05) is 0 Å². The van der Waals surface area contributed by atoms with Crippen molar-refractivity contribution in [2.45, 2.75) is 38.6 Å². The third-order valence-corrected chi connectivity index (χ3v) is 4.05. The largest absolute Gasteiger partial charge is 0.314 e. The van der Waals surface area contributed by atoms with Crippen LogP contribution in [0.5, 0.6) is 0 Å². The quantitative estimate of drug-likeness (QED) is 0.787. The minimum atomic E-state index is 0.182. The molecule has 0 aromatic heterocycles. The molecule has 2 atom stereocenters. The fraction of sp³-hybridized carbons (Fsp3) is 0.923. The highest BCUT2D eigenvalue weighted by Crippen LogP contribution is 2.25. The molecule has 0 bridgehead atoms. The van der Waals surface area contributed by atoms with Crippen molar-refractivity contribution in [3.8, 4) is 6.07 Å². The molecular formula is C13H23N3. The molecule has 0 aliphatic carbocycles. The number of piperidine rings is 1. The Morgan fingerprint density at radius 1 is 1.38 bits per heavy atom. The van der Waals surface area contributed by atoms with Crippen molar-refractivity contribution in [2.24, 2.45) is 11.8 Å². The van der Waals surface area contributed by atoms with Gasteiger partial charge in [-0.05, 0) is 58.2 Å². The van der Waals surface area contributed by atoms with Crippen LogP contribution < -0.4 is 5.32 Å². The lowest BCUT2D eigenvalue weighted by molar-refractivity contribution is 0.155. The minimum absolute atomic E-state index is 0.182. The number of rotatable bonds is 3. The molecular weight excluding hydrogens is 198 g/mol. The molecule has 2 heterocycles. The third kappa shape index (κ3) is 2.96. The molecule has 2 rings (SSSR count). The number of nitriles is 1. The van der Waals surface area contributed by atoms with E-state index < -0.39 is 0 Å². The highest BCUT2D eigenvalue weighted by molar-refractivity contribution is 4.87. The fourth-order valence-electron chi connectivity index (χ4n) is 3.08. The van der Waals surface area contributed by atoms with Crippen LogP contribution in [0.4, 0.5) is 0 Å². The highest BCUT2D eigenvalue weighted by atomic mass is 15.1. The van der Waals surface area contributed by atoms with E-state index in [1.165, 1.54) is 45.3 Å². The van der Waals surface area contributed by atoms with Gasteiger partial charge in [0, 0.05) is 12.6 Å². The number of nitrogens with one attached hydrogen (secondary N) is 1. The SMILES string of the molecule is CC(C#N)CN1CCC(C2CCCN2)CC1. The Balaban J connectivity index is 1.72. The smallest absolute Gasteiger partial charge is 0.0666 e. The van der Waals surface area contributed by atoms with Crippen LogP contribution in [0.15, 0.2) is 0 Å². The topological polar surface area (TPSA) is 39.1 Å². The van der Waals surface area contributed by atoms with E-state index in [1.807, 2.05) is 6.92 Å². The van der Waals surface area contributed by atoms with Crippen LogP contribution in [0.2, 0.25) is 0 Å². The van der Waals surface area contributed by atoms with Crippen molar-refractivity contribution in [3.63, 3.8) is 0 Å². The summed E-state index contributed by atoms with van der Waals surface area (Å²) >= 11 is 0. The molecule has 0 spiro atoms. The zero-order valence-electron chi connectivity index (χ0n) is 10.3. The first-order valence-corrected chi connectivity index (χ1v) is 6.65. The maximum atomic E-state index is 8.80. The number of hydrogen-bond donors (Lipinski definition) is 1. The van der Waals surface area contributed by atoms with Crippen LogP contribution in [-0.2, 0) is 0 Å². The second-order valence-corrected chi connectivity index (χ2v) is 5.37. The second kappa shape index (κ2) is 5.65. The molecule has 3 nitrogen and oxygen atoms in total. The summed E-state index contributed by atoms with van der Waals surface area (Å²) in [4.78, 5) is 2.46. The minimum Gasteiger partial charge on any atom is -0.314 e. The molecule has 0 saturated carbocycles. The molecule has 90 valence electrons. The van der Waals surface area contributed by atoms with E-state index in [4.69, 9.17) is 5.26 Å². The van der Waals surface area contributed by atoms with E-state index in [2.05, 4.69) is 16.3 Å². The van der Waals surface area contributed by atoms with Crippen LogP contribution in [0.25, 0.3) is 0 Å². The summed E-state index contributed by atoms with van der Waals surface area (Å²) < 4.78 is 0. The van der Waals surface area contributed by atoms with E-state index in [0.717, 1.165) is 18.5 Å². The summed E-state index contributed by atoms with van der Waals surface area (Å²) in [6.45, 7) is 6.58. The molecule has 1 N–H and O–H groups in total. The normalized spacial score (nSPS) is 30.1. The first-order valence-electron chi connectivity index (χ1n) is 6.65. The molecule has 2 aliphatic rings. The van der Waals surface area contributed by atoms with Crippen molar-refractivity contribution in [3.05, 3.63) is 0 Å². The molecule has 2 fully saturated rings. The molecule has 3 heteroatoms. The number of hydrogen-bond acceptors (Lipinski definition) is 3. The summed E-state index contributed by atoms with van der Waals surface area (Å²) in [5, 5.41) is 12.4. The van der Waals surface area contributed by atoms with E-state index >= 15 is 0 Å². The summed E-state index contributed by atoms with van der Waals surface area (Å²) in [5.74, 6) is 1.07. The van der Waals surface area contributed by atoms with Crippen LogP contribution in [0.1, 0.15) is 32.6 Å². The number of nitrogens with zero attached hydrogens (tertiary/aromatic N) is 2. The van der Waals surface area contributed by atoms with Crippen molar-refractivity contribution in [2.75, 3.05) is 26.2 Å². The predicted molar refractivity (Wildman–Crippen MR) is 65.0 cm³/mol. The summed E-state index contributed by atoms with van der Waals surface area (Å²) in [7, 11) is 0. The fourth-order valence-corrected chi connectivity index (χ4v) is 3.08. The summed E-state index contributed by atoms with van der Waals surface area (Å²) in [6, 6.07) is 3.11. The van der Waals surface area contributed by atoms with Gasteiger partial charge in [-0.25, -0.2) is 0 Å². The van der Waals surface area contributed by atoms with Gasteiger partial charge in [-0.3, -0.25) is 0 Å².